The lowest BCUT2D eigenvalue weighted by Gasteiger charge is -2.10. The second-order valence-corrected chi connectivity index (χ2v) is 5.99. The molecule has 0 spiro atoms. The van der Waals surface area contributed by atoms with Crippen LogP contribution in [-0.4, -0.2) is 14.2 Å². The van der Waals surface area contributed by atoms with Crippen LogP contribution in [0.25, 0.3) is 0 Å². The Bertz CT molecular complexity index is 861. The summed E-state index contributed by atoms with van der Waals surface area (Å²) in [6.07, 6.45) is 0. The van der Waals surface area contributed by atoms with Gasteiger partial charge in [0.15, 0.2) is 33.9 Å². The summed E-state index contributed by atoms with van der Waals surface area (Å²) in [5.41, 5.74) is -1.83. The largest absolute Gasteiger partial charge is 0.319 e. The molecule has 0 fully saturated rings. The van der Waals surface area contributed by atoms with E-state index in [2.05, 4.69) is 15.6 Å². The van der Waals surface area contributed by atoms with Gasteiger partial charge >= 0.3 is 10.1 Å². The number of rotatable bonds is 4. The van der Waals surface area contributed by atoms with Gasteiger partial charge in [-0.3, -0.25) is 4.79 Å². The highest BCUT2D eigenvalue weighted by atomic mass is 35.5. The maximum atomic E-state index is 13.9. The van der Waals surface area contributed by atoms with Crippen molar-refractivity contribution < 1.29 is 34.5 Å². The van der Waals surface area contributed by atoms with Crippen LogP contribution in [0.5, 0.6) is 0 Å². The molecule has 0 aromatic heterocycles. The van der Waals surface area contributed by atoms with Gasteiger partial charge in [0.2, 0.25) is 0 Å². The minimum Gasteiger partial charge on any atom is -0.288 e. The van der Waals surface area contributed by atoms with Crippen LogP contribution in [0.2, 0.25) is 0 Å². The Kier molecular flexibility index (Phi) is 9.29. The smallest absolute Gasteiger partial charge is 0.288 e. The van der Waals surface area contributed by atoms with E-state index in [9.17, 15) is 30.8 Å². The Morgan fingerprint density at radius 2 is 1.35 bits per heavy atom. The first-order chi connectivity index (χ1) is 11.7. The molecule has 0 radical (unpaired) electrons. The normalized spacial score (nSPS) is 10.4. The van der Waals surface area contributed by atoms with Gasteiger partial charge in [-0.2, -0.15) is 25.6 Å². The summed E-state index contributed by atoms with van der Waals surface area (Å²) in [5, 5.41) is 0. The van der Waals surface area contributed by atoms with Crippen LogP contribution in [-0.2, 0) is 13.9 Å². The van der Waals surface area contributed by atoms with Crippen molar-refractivity contribution in [3.8, 4) is 0 Å². The van der Waals surface area contributed by atoms with Crippen molar-refractivity contribution in [1.29, 1.82) is 0 Å². The maximum absolute atomic E-state index is 13.9. The summed E-state index contributed by atoms with van der Waals surface area (Å²) < 4.78 is 81.3. The molecule has 0 N–H and O–H groups in total. The number of carbonyl (C=O) groups excluding carboxylic acids is 1. The lowest BCUT2D eigenvalue weighted by Crippen LogP contribution is -2.17. The third-order valence-corrected chi connectivity index (χ3v) is 4.34. The quantitative estimate of drug-likeness (QED) is 0.406. The molecule has 0 aliphatic rings. The molecule has 0 heterocycles. The Balaban J connectivity index is 0.00000201. The number of hydrogen-bond donors (Lipinski definition) is 0. The first-order valence-electron chi connectivity index (χ1n) is 6.73. The monoisotopic (exact) mass is 432 g/mol. The molecule has 0 bridgehead atoms. The van der Waals surface area contributed by atoms with Crippen molar-refractivity contribution in [3.05, 3.63) is 64.7 Å². The molecule has 0 aliphatic heterocycles. The molecule has 0 aliphatic carbocycles. The first-order valence-corrected chi connectivity index (χ1v) is 8.45. The number of benzene rings is 2. The van der Waals surface area contributed by atoms with Crippen molar-refractivity contribution in [2.45, 2.75) is 18.7 Å². The predicted octanol–water partition coefficient (Wildman–Crippen LogP) is 4.47. The Hall–Kier alpha value is -1.62. The van der Waals surface area contributed by atoms with Gasteiger partial charge in [-0.25, -0.2) is 17.6 Å². The van der Waals surface area contributed by atoms with Crippen LogP contribution in [0.1, 0.15) is 29.8 Å². The first kappa shape index (κ1) is 24.4. The predicted molar refractivity (Wildman–Crippen MR) is 92.0 cm³/mol. The third kappa shape index (κ3) is 4.56. The highest BCUT2D eigenvalue weighted by Gasteiger charge is 2.36. The Labute approximate surface area is 159 Å². The average Bonchev–Trinajstić information content (AvgIpc) is 2.62. The van der Waals surface area contributed by atoms with Crippen molar-refractivity contribution in [2.24, 2.45) is 0 Å². The molecule has 0 atom stereocenters. The van der Waals surface area contributed by atoms with Crippen molar-refractivity contribution >= 4 is 41.3 Å². The standard InChI is InChI=1S/C13H5ClF4O4S.C2H6.H2S/c14-22-23(20,21)13-10(17)8(15)7(9(16)11(13)18)12(19)6-4-2-1-3-5-6;1-2;/h1-5H;1-2H3;1H2. The van der Waals surface area contributed by atoms with Crippen molar-refractivity contribution in [2.75, 3.05) is 0 Å². The van der Waals surface area contributed by atoms with E-state index >= 15 is 0 Å². The minimum absolute atomic E-state index is 0. The number of ketones is 1. The van der Waals surface area contributed by atoms with Crippen molar-refractivity contribution in [3.63, 3.8) is 0 Å². The molecule has 0 unspecified atom stereocenters. The maximum Gasteiger partial charge on any atom is 0.319 e. The fourth-order valence-electron chi connectivity index (χ4n) is 1.80. The van der Waals surface area contributed by atoms with Crippen LogP contribution in [0, 0.1) is 23.3 Å². The highest BCUT2D eigenvalue weighted by molar-refractivity contribution is 7.87. The second kappa shape index (κ2) is 9.91. The summed E-state index contributed by atoms with van der Waals surface area (Å²) in [6.45, 7) is 4.00. The van der Waals surface area contributed by atoms with Gasteiger partial charge in [-0.1, -0.05) is 44.2 Å². The Morgan fingerprint density at radius 3 is 1.73 bits per heavy atom. The molecule has 2 aromatic rings. The average molecular weight is 433 g/mol. The summed E-state index contributed by atoms with van der Waals surface area (Å²) >= 11 is 4.54. The van der Waals surface area contributed by atoms with Gasteiger partial charge in [0.1, 0.15) is 5.56 Å². The van der Waals surface area contributed by atoms with E-state index in [1.807, 2.05) is 13.8 Å². The molecule has 2 rings (SSSR count). The van der Waals surface area contributed by atoms with Gasteiger partial charge in [-0.05, 0) is 0 Å². The van der Waals surface area contributed by atoms with E-state index in [4.69, 9.17) is 0 Å². The summed E-state index contributed by atoms with van der Waals surface area (Å²) in [5.74, 6) is -10.4. The molecule has 4 nitrogen and oxygen atoms in total. The zero-order chi connectivity index (χ0) is 19.4. The number of carbonyl (C=O) groups is 1. The molecule has 0 saturated heterocycles. The number of hydrogen-bond acceptors (Lipinski definition) is 4. The van der Waals surface area contributed by atoms with E-state index < -0.39 is 49.6 Å². The zero-order valence-electron chi connectivity index (χ0n) is 13.3. The van der Waals surface area contributed by atoms with Crippen LogP contribution in [0.15, 0.2) is 35.2 Å². The van der Waals surface area contributed by atoms with E-state index in [1.54, 1.807) is 0 Å². The molecule has 11 heteroatoms. The molecule has 0 saturated carbocycles. The van der Waals surface area contributed by atoms with Crippen LogP contribution >= 0.6 is 25.4 Å². The lowest BCUT2D eigenvalue weighted by atomic mass is 10.0. The SMILES string of the molecule is CC.O=C(c1ccccc1)c1c(F)c(F)c(S(=O)(=O)OCl)c(F)c1F.S. The van der Waals surface area contributed by atoms with E-state index in [0.29, 0.717) is 0 Å². The van der Waals surface area contributed by atoms with Gasteiger partial charge in [-0.15, -0.1) is 0 Å². The summed E-state index contributed by atoms with van der Waals surface area (Å²) in [7, 11) is -5.29. The molecular weight excluding hydrogens is 420 g/mol. The van der Waals surface area contributed by atoms with Gasteiger partial charge < -0.3 is 0 Å². The Morgan fingerprint density at radius 1 is 0.923 bits per heavy atom. The lowest BCUT2D eigenvalue weighted by molar-refractivity contribution is 0.102. The van der Waals surface area contributed by atoms with Gasteiger partial charge in [0, 0.05) is 5.56 Å². The topological polar surface area (TPSA) is 60.4 Å². The summed E-state index contributed by atoms with van der Waals surface area (Å²) in [6, 6.07) is 6.52. The van der Waals surface area contributed by atoms with Gasteiger partial charge in [0.25, 0.3) is 0 Å². The van der Waals surface area contributed by atoms with Crippen LogP contribution < -0.4 is 0 Å². The zero-order valence-corrected chi connectivity index (χ0v) is 15.9. The van der Waals surface area contributed by atoms with E-state index in [0.717, 1.165) is 12.1 Å². The second-order valence-electron chi connectivity index (χ2n) is 4.17. The summed E-state index contributed by atoms with van der Waals surface area (Å²) in [4.78, 5) is 9.94. The minimum atomic E-state index is -5.29. The van der Waals surface area contributed by atoms with Crippen LogP contribution in [0.3, 0.4) is 0 Å². The highest BCUT2D eigenvalue weighted by Crippen LogP contribution is 2.30. The fraction of sp³-hybridized carbons (Fsp3) is 0.133. The molecule has 26 heavy (non-hydrogen) atoms. The molecule has 0 amide bonds. The van der Waals surface area contributed by atoms with Gasteiger partial charge in [0.05, 0.1) is 11.9 Å². The molecule has 144 valence electrons. The number of halogens is 5. The van der Waals surface area contributed by atoms with E-state index in [1.165, 1.54) is 18.2 Å². The van der Waals surface area contributed by atoms with Crippen LogP contribution in [0.4, 0.5) is 17.6 Å². The van der Waals surface area contributed by atoms with Crippen molar-refractivity contribution in [1.82, 2.24) is 0 Å². The van der Waals surface area contributed by atoms with E-state index in [-0.39, 0.29) is 19.1 Å². The molecule has 2 aromatic carbocycles. The third-order valence-electron chi connectivity index (χ3n) is 2.82. The fourth-order valence-corrected chi connectivity index (χ4v) is 2.67. The molecular formula is C15H13ClF4O4S2.